The van der Waals surface area contributed by atoms with E-state index in [4.69, 9.17) is 5.73 Å². The molecule has 0 aliphatic carbocycles. The van der Waals surface area contributed by atoms with Gasteiger partial charge in [0.25, 0.3) is 17.7 Å². The summed E-state index contributed by atoms with van der Waals surface area (Å²) in [7, 11) is -4.87. The van der Waals surface area contributed by atoms with Crippen molar-refractivity contribution in [3.63, 3.8) is 0 Å². The van der Waals surface area contributed by atoms with Crippen molar-refractivity contribution in [2.75, 3.05) is 38.6 Å². The molecule has 2 fully saturated rings. The molecule has 2 saturated heterocycles. The first-order chi connectivity index (χ1) is 20.3. The zero-order valence-corrected chi connectivity index (χ0v) is 23.1. The molecule has 2 aromatic rings. The number of nitrogens with two attached hydrogens (primary N) is 1. The van der Waals surface area contributed by atoms with Crippen LogP contribution in [0.4, 0.5) is 19.1 Å². The molecule has 4 heterocycles. The molecule has 43 heavy (non-hydrogen) atoms. The van der Waals surface area contributed by atoms with Crippen molar-refractivity contribution in [2.45, 2.75) is 6.04 Å². The van der Waals surface area contributed by atoms with Crippen molar-refractivity contribution < 1.29 is 46.7 Å². The van der Waals surface area contributed by atoms with Gasteiger partial charge >= 0.3 is 22.3 Å². The Morgan fingerprint density at radius 1 is 1.28 bits per heavy atom. The first-order valence-corrected chi connectivity index (χ1v) is 14.1. The molecule has 23 heteroatoms. The van der Waals surface area contributed by atoms with Gasteiger partial charge in [-0.1, -0.05) is 5.16 Å². The zero-order chi connectivity index (χ0) is 31.5. The number of rotatable bonds is 10. The highest BCUT2D eigenvalue weighted by Gasteiger charge is 2.45. The number of pyridine rings is 1. The molecule has 0 saturated carbocycles. The van der Waals surface area contributed by atoms with E-state index in [1.54, 1.807) is 4.72 Å². The molecule has 7 amide bonds. The molecule has 4 rings (SSSR count). The summed E-state index contributed by atoms with van der Waals surface area (Å²) in [5.74, 6) is -3.65. The molecule has 230 valence electrons. The lowest BCUT2D eigenvalue weighted by molar-refractivity contribution is -0.141. The third-order valence-electron chi connectivity index (χ3n) is 5.63. The highest BCUT2D eigenvalue weighted by Crippen LogP contribution is 2.16. The van der Waals surface area contributed by atoms with Gasteiger partial charge in [0, 0.05) is 17.6 Å². The number of aromatic hydroxyl groups is 1. The number of oxime groups is 1. The van der Waals surface area contributed by atoms with Gasteiger partial charge in [-0.25, -0.2) is 33.0 Å². The van der Waals surface area contributed by atoms with Crippen LogP contribution in [0, 0.1) is 0 Å². The fourth-order valence-corrected chi connectivity index (χ4v) is 5.15. The van der Waals surface area contributed by atoms with Crippen LogP contribution in [0.1, 0.15) is 16.2 Å². The van der Waals surface area contributed by atoms with Gasteiger partial charge in [0.2, 0.25) is 5.43 Å². The Morgan fingerprint density at radius 3 is 2.65 bits per heavy atom. The van der Waals surface area contributed by atoms with Crippen molar-refractivity contribution in [3.8, 4) is 5.75 Å². The van der Waals surface area contributed by atoms with Crippen LogP contribution in [-0.2, 0) is 24.6 Å². The number of halogens is 1. The van der Waals surface area contributed by atoms with Crippen LogP contribution in [0.15, 0.2) is 27.6 Å². The van der Waals surface area contributed by atoms with Crippen LogP contribution in [0.25, 0.3) is 0 Å². The van der Waals surface area contributed by atoms with Gasteiger partial charge in [0.05, 0.1) is 19.6 Å². The van der Waals surface area contributed by atoms with Crippen LogP contribution in [0.3, 0.4) is 0 Å². The van der Waals surface area contributed by atoms with Crippen molar-refractivity contribution >= 4 is 62.2 Å². The Labute approximate surface area is 243 Å². The number of amides is 7. The number of carbonyl (C=O) groups is 5. The molecule has 20 nitrogen and oxygen atoms in total. The molecule has 7 N–H and O–H groups in total. The fourth-order valence-electron chi connectivity index (χ4n) is 3.53. The molecular formula is C20H21FN10O10S2. The lowest BCUT2D eigenvalue weighted by Gasteiger charge is -2.36. The molecule has 0 radical (unpaired) electrons. The van der Waals surface area contributed by atoms with E-state index in [-0.39, 0.29) is 27.4 Å². The SMILES string of the molecule is Nc1nc(C(=NOCCF)C(=O)N[C@H]2CN(C(=O)NS(=O)(=O)N3CCN(NC(=O)c4cc(=O)c(O)c[nH]4)C3=O)C2=O)cs1. The standard InChI is InChI=1S/C20H21FN10O10S2/c21-1-4-41-27-14(11-8-42-18(22)25-11)16(35)24-10-7-29(17(10)36)19(37)28-43(39,40)31-3-2-30(20(31)38)26-15(34)9-5-12(32)13(33)6-23-9/h5-6,8,10,33H,1-4,7H2,(H2,22,25)(H,23,32)(H,24,35)(H,26,34)(H,28,37)/t10-/m0/s1. The number of aromatic amines is 1. The first kappa shape index (κ1) is 30.6. The van der Waals surface area contributed by atoms with Crippen molar-refractivity contribution in [1.29, 1.82) is 0 Å². The zero-order valence-electron chi connectivity index (χ0n) is 21.5. The van der Waals surface area contributed by atoms with Crippen LogP contribution < -0.4 is 26.6 Å². The van der Waals surface area contributed by atoms with Gasteiger partial charge in [-0.2, -0.15) is 8.42 Å². The van der Waals surface area contributed by atoms with Gasteiger partial charge in [-0.15, -0.1) is 11.3 Å². The van der Waals surface area contributed by atoms with E-state index in [1.807, 2.05) is 0 Å². The molecule has 0 unspecified atom stereocenters. The second kappa shape index (κ2) is 12.3. The number of imide groups is 1. The maximum Gasteiger partial charge on any atom is 0.353 e. The lowest BCUT2D eigenvalue weighted by Crippen LogP contribution is -2.68. The van der Waals surface area contributed by atoms with Crippen molar-refractivity contribution in [3.05, 3.63) is 39.3 Å². The predicted octanol–water partition coefficient (Wildman–Crippen LogP) is -2.83. The number of β-lactam (4-membered cyclic amide) rings is 1. The van der Waals surface area contributed by atoms with Gasteiger partial charge in [0.1, 0.15) is 30.7 Å². The monoisotopic (exact) mass is 644 g/mol. The Hall–Kier alpha value is -5.32. The average molecular weight is 645 g/mol. The number of carbonyl (C=O) groups excluding carboxylic acids is 5. The van der Waals surface area contributed by atoms with Crippen LogP contribution in [0.5, 0.6) is 5.75 Å². The maximum atomic E-state index is 12.7. The van der Waals surface area contributed by atoms with E-state index in [2.05, 4.69) is 30.7 Å². The third kappa shape index (κ3) is 6.61. The van der Waals surface area contributed by atoms with Gasteiger partial charge in [-0.05, 0) is 0 Å². The number of nitrogen functional groups attached to an aromatic ring is 1. The summed E-state index contributed by atoms with van der Waals surface area (Å²) in [6.07, 6.45) is 0.843. The summed E-state index contributed by atoms with van der Waals surface area (Å²) in [4.78, 5) is 85.4. The molecule has 2 aliphatic rings. The smallest absolute Gasteiger partial charge is 0.353 e. The molecule has 0 spiro atoms. The number of hydrogen-bond donors (Lipinski definition) is 6. The Kier molecular flexibility index (Phi) is 8.74. The fraction of sp³-hybridized carbons (Fsp3) is 0.300. The number of nitrogens with one attached hydrogen (secondary N) is 4. The number of hydrogen-bond acceptors (Lipinski definition) is 14. The summed E-state index contributed by atoms with van der Waals surface area (Å²) >= 11 is 0.970. The molecule has 2 aromatic heterocycles. The van der Waals surface area contributed by atoms with E-state index in [0.717, 1.165) is 23.6 Å². The molecule has 1 atom stereocenters. The first-order valence-electron chi connectivity index (χ1n) is 11.8. The van der Waals surface area contributed by atoms with Crippen LogP contribution in [0.2, 0.25) is 0 Å². The number of urea groups is 2. The van der Waals surface area contributed by atoms with Gasteiger partial charge in [-0.3, -0.25) is 29.5 Å². The summed E-state index contributed by atoms with van der Waals surface area (Å²) < 4.78 is 39.5. The van der Waals surface area contributed by atoms with E-state index < -0.39 is 89.3 Å². The number of nitrogens with zero attached hydrogens (tertiary/aromatic N) is 5. The summed E-state index contributed by atoms with van der Waals surface area (Å²) in [5, 5.41) is 17.1. The summed E-state index contributed by atoms with van der Waals surface area (Å²) in [5.41, 5.74) is 5.95. The second-order valence-corrected chi connectivity index (χ2v) is 10.9. The van der Waals surface area contributed by atoms with Crippen molar-refractivity contribution in [1.82, 2.24) is 39.6 Å². The summed E-state index contributed by atoms with van der Waals surface area (Å²) in [6, 6.07) is -3.23. The topological polar surface area (TPSA) is 279 Å². The molecular weight excluding hydrogens is 623 g/mol. The number of H-pyrrole nitrogens is 1. The van der Waals surface area contributed by atoms with Crippen LogP contribution in [-0.4, -0.2) is 112 Å². The minimum Gasteiger partial charge on any atom is -0.503 e. The van der Waals surface area contributed by atoms with E-state index in [0.29, 0.717) is 9.91 Å². The van der Waals surface area contributed by atoms with Gasteiger partial charge < -0.3 is 26.0 Å². The Bertz CT molecular complexity index is 1680. The normalized spacial score (nSPS) is 17.0. The second-order valence-electron chi connectivity index (χ2n) is 8.46. The number of anilines is 1. The molecule has 0 aromatic carbocycles. The van der Waals surface area contributed by atoms with E-state index in [9.17, 15) is 46.7 Å². The van der Waals surface area contributed by atoms with Gasteiger partial charge in [0.15, 0.2) is 16.6 Å². The quantitative estimate of drug-likeness (QED) is 0.0661. The number of likely N-dealkylation sites (tertiary alicyclic amines) is 1. The molecule has 0 bridgehead atoms. The Morgan fingerprint density at radius 2 is 2.02 bits per heavy atom. The third-order valence-corrected chi connectivity index (χ3v) is 7.66. The van der Waals surface area contributed by atoms with Crippen LogP contribution >= 0.6 is 11.3 Å². The van der Waals surface area contributed by atoms with Crippen molar-refractivity contribution in [2.24, 2.45) is 5.16 Å². The van der Waals surface area contributed by atoms with E-state index >= 15 is 0 Å². The average Bonchev–Trinajstić information content (AvgIpc) is 3.54. The predicted molar refractivity (Wildman–Crippen MR) is 141 cm³/mol. The number of aromatic nitrogens is 2. The largest absolute Gasteiger partial charge is 0.503 e. The lowest BCUT2D eigenvalue weighted by atomic mass is 10.1. The summed E-state index contributed by atoms with van der Waals surface area (Å²) in [6.45, 7) is -2.69. The number of hydrazine groups is 1. The number of alkyl halides is 1. The number of thiazole rings is 1. The molecule has 2 aliphatic heterocycles. The Balaban J connectivity index is 1.32. The minimum atomic E-state index is -4.87. The highest BCUT2D eigenvalue weighted by atomic mass is 32.2. The minimum absolute atomic E-state index is 0.0248. The highest BCUT2D eigenvalue weighted by molar-refractivity contribution is 7.88. The maximum absolute atomic E-state index is 12.7. The van der Waals surface area contributed by atoms with E-state index in [1.165, 1.54) is 5.38 Å².